The molecule has 0 aliphatic carbocycles. The Morgan fingerprint density at radius 1 is 1.28 bits per heavy atom. The lowest BCUT2D eigenvalue weighted by molar-refractivity contribution is -0.0501. The predicted molar refractivity (Wildman–Crippen MR) is 118 cm³/mol. The van der Waals surface area contributed by atoms with Crippen molar-refractivity contribution >= 4 is 35.0 Å². The van der Waals surface area contributed by atoms with Gasteiger partial charge in [-0.1, -0.05) is 12.1 Å². The molecule has 0 spiro atoms. The Hall–Kier alpha value is -3.52. The molecule has 1 fully saturated rings. The molecule has 0 radical (unpaired) electrons. The molecule has 13 nitrogen and oxygen atoms in total. The SMILES string of the molecule is CN(C)c1ccc(/C=N\Nc2nc3c(=O)[nH]c(N)nc3n2[C@@H]2O[C@H](CO)[C@@H](O)[C@H]2O)cc1. The monoisotopic (exact) mass is 444 g/mol. The summed E-state index contributed by atoms with van der Waals surface area (Å²) >= 11 is 0. The number of H-pyrrole nitrogens is 1. The normalized spacial score (nSPS) is 23.3. The molecule has 0 amide bonds. The molecule has 3 heterocycles. The number of aliphatic hydroxyl groups is 3. The molecule has 1 aliphatic rings. The van der Waals surface area contributed by atoms with Crippen molar-refractivity contribution in [1.82, 2.24) is 19.5 Å². The van der Waals surface area contributed by atoms with E-state index in [-0.39, 0.29) is 23.1 Å². The molecule has 13 heteroatoms. The number of nitrogens with one attached hydrogen (secondary N) is 2. The summed E-state index contributed by atoms with van der Waals surface area (Å²) in [5.74, 6) is -0.133. The zero-order valence-corrected chi connectivity index (χ0v) is 17.4. The average molecular weight is 444 g/mol. The second kappa shape index (κ2) is 8.55. The number of anilines is 3. The number of ether oxygens (including phenoxy) is 1. The number of aromatic nitrogens is 4. The van der Waals surface area contributed by atoms with E-state index in [9.17, 15) is 20.1 Å². The molecular weight excluding hydrogens is 420 g/mol. The largest absolute Gasteiger partial charge is 0.394 e. The zero-order valence-electron chi connectivity index (χ0n) is 17.4. The van der Waals surface area contributed by atoms with Crippen LogP contribution in [-0.4, -0.2) is 80.1 Å². The summed E-state index contributed by atoms with van der Waals surface area (Å²) < 4.78 is 6.87. The van der Waals surface area contributed by atoms with Gasteiger partial charge in [-0.25, -0.2) is 10.4 Å². The molecule has 0 saturated carbocycles. The van der Waals surface area contributed by atoms with Gasteiger partial charge in [0.05, 0.1) is 12.8 Å². The number of benzene rings is 1. The van der Waals surface area contributed by atoms with Crippen molar-refractivity contribution in [2.75, 3.05) is 36.8 Å². The van der Waals surface area contributed by atoms with E-state index in [1.165, 1.54) is 4.57 Å². The number of rotatable bonds is 6. The molecule has 4 rings (SSSR count). The van der Waals surface area contributed by atoms with Gasteiger partial charge < -0.3 is 30.7 Å². The van der Waals surface area contributed by atoms with E-state index in [0.717, 1.165) is 11.3 Å². The molecular formula is C19H24N8O5. The summed E-state index contributed by atoms with van der Waals surface area (Å²) in [5, 5.41) is 34.2. The van der Waals surface area contributed by atoms with Gasteiger partial charge >= 0.3 is 0 Å². The summed E-state index contributed by atoms with van der Waals surface area (Å²) in [4.78, 5) is 24.9. The number of nitrogen functional groups attached to an aromatic ring is 1. The Morgan fingerprint density at radius 3 is 2.62 bits per heavy atom. The fraction of sp³-hybridized carbons (Fsp3) is 0.368. The topological polar surface area (TPSA) is 187 Å². The third-order valence-corrected chi connectivity index (χ3v) is 5.13. The van der Waals surface area contributed by atoms with Crippen LogP contribution in [0.15, 0.2) is 34.2 Å². The molecule has 4 atom stereocenters. The third-order valence-electron chi connectivity index (χ3n) is 5.13. The number of fused-ring (bicyclic) bond motifs is 1. The van der Waals surface area contributed by atoms with Crippen molar-refractivity contribution in [3.8, 4) is 0 Å². The summed E-state index contributed by atoms with van der Waals surface area (Å²) in [5.41, 5.74) is 9.60. The minimum absolute atomic E-state index is 0.0223. The third kappa shape index (κ3) is 3.89. The number of hydrazone groups is 1. The van der Waals surface area contributed by atoms with Crippen molar-refractivity contribution in [3.05, 3.63) is 40.2 Å². The van der Waals surface area contributed by atoms with Gasteiger partial charge in [-0.3, -0.25) is 14.3 Å². The average Bonchev–Trinajstić information content (AvgIpc) is 3.25. The Labute approximate surface area is 181 Å². The number of nitrogens with zero attached hydrogens (tertiary/aromatic N) is 5. The van der Waals surface area contributed by atoms with Crippen LogP contribution < -0.4 is 21.6 Å². The number of nitrogens with two attached hydrogens (primary N) is 1. The van der Waals surface area contributed by atoms with Crippen LogP contribution in [-0.2, 0) is 4.74 Å². The summed E-state index contributed by atoms with van der Waals surface area (Å²) in [6.45, 7) is -0.513. The number of hydrogen-bond acceptors (Lipinski definition) is 11. The highest BCUT2D eigenvalue weighted by molar-refractivity contribution is 5.81. The lowest BCUT2D eigenvalue weighted by atomic mass is 10.1. The minimum atomic E-state index is -1.42. The second-order valence-electron chi connectivity index (χ2n) is 7.51. The molecule has 170 valence electrons. The first-order valence-electron chi connectivity index (χ1n) is 9.76. The fourth-order valence-corrected chi connectivity index (χ4v) is 3.44. The summed E-state index contributed by atoms with van der Waals surface area (Å²) in [6, 6.07) is 7.62. The zero-order chi connectivity index (χ0) is 23.0. The first kappa shape index (κ1) is 21.7. The van der Waals surface area contributed by atoms with E-state index in [2.05, 4.69) is 25.5 Å². The molecule has 32 heavy (non-hydrogen) atoms. The number of imidazole rings is 1. The molecule has 0 unspecified atom stereocenters. The van der Waals surface area contributed by atoms with Crippen molar-refractivity contribution in [2.24, 2.45) is 5.10 Å². The van der Waals surface area contributed by atoms with Gasteiger partial charge in [0.1, 0.15) is 18.3 Å². The van der Waals surface area contributed by atoms with E-state index >= 15 is 0 Å². The minimum Gasteiger partial charge on any atom is -0.394 e. The van der Waals surface area contributed by atoms with Crippen molar-refractivity contribution < 1.29 is 20.1 Å². The maximum absolute atomic E-state index is 12.3. The highest BCUT2D eigenvalue weighted by Gasteiger charge is 2.45. The number of hydrogen-bond donors (Lipinski definition) is 6. The van der Waals surface area contributed by atoms with Crippen LogP contribution >= 0.6 is 0 Å². The maximum Gasteiger partial charge on any atom is 0.280 e. The fourth-order valence-electron chi connectivity index (χ4n) is 3.44. The van der Waals surface area contributed by atoms with E-state index < -0.39 is 36.7 Å². The first-order chi connectivity index (χ1) is 15.3. The summed E-state index contributed by atoms with van der Waals surface area (Å²) in [7, 11) is 3.88. The van der Waals surface area contributed by atoms with Gasteiger partial charge in [0.2, 0.25) is 11.9 Å². The van der Waals surface area contributed by atoms with Gasteiger partial charge in [0.25, 0.3) is 5.56 Å². The Morgan fingerprint density at radius 2 is 2.00 bits per heavy atom. The molecule has 1 saturated heterocycles. The molecule has 2 aromatic heterocycles. The van der Waals surface area contributed by atoms with Crippen LogP contribution in [0.5, 0.6) is 0 Å². The van der Waals surface area contributed by atoms with Crippen LogP contribution in [0.2, 0.25) is 0 Å². The number of aromatic amines is 1. The second-order valence-corrected chi connectivity index (χ2v) is 7.51. The van der Waals surface area contributed by atoms with Crippen LogP contribution in [0.25, 0.3) is 11.2 Å². The van der Waals surface area contributed by atoms with Crippen molar-refractivity contribution in [3.63, 3.8) is 0 Å². The lowest BCUT2D eigenvalue weighted by Gasteiger charge is -2.18. The Kier molecular flexibility index (Phi) is 5.80. The highest BCUT2D eigenvalue weighted by atomic mass is 16.6. The van der Waals surface area contributed by atoms with E-state index in [4.69, 9.17) is 10.5 Å². The van der Waals surface area contributed by atoms with Crippen molar-refractivity contribution in [1.29, 1.82) is 0 Å². The maximum atomic E-state index is 12.3. The molecule has 3 aromatic rings. The number of aliphatic hydroxyl groups excluding tert-OH is 3. The molecule has 0 bridgehead atoms. The van der Waals surface area contributed by atoms with Crippen LogP contribution in [0.4, 0.5) is 17.6 Å². The Balaban J connectivity index is 1.70. The predicted octanol–water partition coefficient (Wildman–Crippen LogP) is -1.17. The molecule has 1 aliphatic heterocycles. The van der Waals surface area contributed by atoms with Crippen LogP contribution in [0.3, 0.4) is 0 Å². The van der Waals surface area contributed by atoms with Gasteiger partial charge in [0, 0.05) is 19.8 Å². The smallest absolute Gasteiger partial charge is 0.280 e. The standard InChI is InChI=1S/C19H24N8O5/c1-26(2)10-5-3-9(4-6-10)7-21-25-19-22-12-15(23-18(20)24-16(12)31)27(19)17-14(30)13(29)11(8-28)32-17/h3-7,11,13-14,17,28-30H,8H2,1-2H3,(H,22,25)(H3,20,23,24,31)/b21-7-/t11-,13-,14-,17-/m1/s1. The van der Waals surface area contributed by atoms with E-state index in [1.54, 1.807) is 6.21 Å². The van der Waals surface area contributed by atoms with Gasteiger partial charge in [-0.2, -0.15) is 10.1 Å². The van der Waals surface area contributed by atoms with Crippen molar-refractivity contribution in [2.45, 2.75) is 24.5 Å². The van der Waals surface area contributed by atoms with E-state index in [0.29, 0.717) is 0 Å². The quantitative estimate of drug-likeness (QED) is 0.200. The highest BCUT2D eigenvalue weighted by Crippen LogP contribution is 2.33. The lowest BCUT2D eigenvalue weighted by Crippen LogP contribution is -2.33. The van der Waals surface area contributed by atoms with Crippen LogP contribution in [0, 0.1) is 0 Å². The van der Waals surface area contributed by atoms with Gasteiger partial charge in [-0.05, 0) is 17.7 Å². The van der Waals surface area contributed by atoms with E-state index in [1.807, 2.05) is 43.3 Å². The summed E-state index contributed by atoms with van der Waals surface area (Å²) in [6.07, 6.45) is -3.45. The van der Waals surface area contributed by atoms with Gasteiger partial charge in [0.15, 0.2) is 17.4 Å². The van der Waals surface area contributed by atoms with Gasteiger partial charge in [-0.15, -0.1) is 0 Å². The molecule has 1 aromatic carbocycles. The first-order valence-corrected chi connectivity index (χ1v) is 9.76. The Bertz CT molecular complexity index is 1190. The van der Waals surface area contributed by atoms with Crippen LogP contribution in [0.1, 0.15) is 11.8 Å². The molecule has 7 N–H and O–H groups in total.